The topological polar surface area (TPSA) is 49.7 Å². The van der Waals surface area contributed by atoms with Crippen molar-refractivity contribution in [1.29, 1.82) is 0 Å². The first kappa shape index (κ1) is 12.9. The second-order valence-corrected chi connectivity index (χ2v) is 3.39. The van der Waals surface area contributed by atoms with E-state index in [1.807, 2.05) is 0 Å². The van der Waals surface area contributed by atoms with Gasteiger partial charge in [0.1, 0.15) is 5.82 Å². The van der Waals surface area contributed by atoms with Crippen LogP contribution >= 0.6 is 0 Å². The summed E-state index contributed by atoms with van der Waals surface area (Å²) in [5, 5.41) is 18.1. The Morgan fingerprint density at radius 2 is 2.00 bits per heavy atom. The van der Waals surface area contributed by atoms with Gasteiger partial charge in [0, 0.05) is 18.2 Å². The maximum absolute atomic E-state index is 13.4. The van der Waals surface area contributed by atoms with Crippen LogP contribution in [-0.2, 0) is 0 Å². The molecule has 0 spiro atoms. The van der Waals surface area contributed by atoms with E-state index in [1.54, 1.807) is 0 Å². The fourth-order valence-electron chi connectivity index (χ4n) is 1.40. The first-order valence-corrected chi connectivity index (χ1v) is 4.92. The summed E-state index contributed by atoms with van der Waals surface area (Å²) in [6.07, 6.45) is -0.611. The van der Waals surface area contributed by atoms with Crippen molar-refractivity contribution in [3.8, 4) is 5.75 Å². The van der Waals surface area contributed by atoms with E-state index >= 15 is 0 Å². The lowest BCUT2D eigenvalue weighted by atomic mass is 10.0. The van der Waals surface area contributed by atoms with Crippen molar-refractivity contribution in [2.24, 2.45) is 0 Å². The average Bonchev–Trinajstić information content (AvgIpc) is 2.28. The number of rotatable bonds is 5. The second kappa shape index (κ2) is 5.77. The van der Waals surface area contributed by atoms with E-state index in [0.29, 0.717) is 6.42 Å². The van der Waals surface area contributed by atoms with Gasteiger partial charge in [-0.25, -0.2) is 8.78 Å². The van der Waals surface area contributed by atoms with Gasteiger partial charge in [-0.3, -0.25) is 0 Å². The maximum Gasteiger partial charge on any atom is 0.165 e. The van der Waals surface area contributed by atoms with Crippen LogP contribution in [0.2, 0.25) is 0 Å². The zero-order chi connectivity index (χ0) is 12.1. The van der Waals surface area contributed by atoms with Crippen LogP contribution < -0.4 is 4.74 Å². The molecule has 0 fully saturated rings. The van der Waals surface area contributed by atoms with Crippen LogP contribution in [0.5, 0.6) is 5.75 Å². The predicted octanol–water partition coefficient (Wildman–Crippen LogP) is 1.78. The highest BCUT2D eigenvalue weighted by atomic mass is 19.1. The van der Waals surface area contributed by atoms with Gasteiger partial charge < -0.3 is 14.9 Å². The molecular weight excluding hydrogens is 218 g/mol. The summed E-state index contributed by atoms with van der Waals surface area (Å²) in [4.78, 5) is 0. The van der Waals surface area contributed by atoms with E-state index in [4.69, 9.17) is 5.11 Å². The van der Waals surface area contributed by atoms with Gasteiger partial charge in [-0.15, -0.1) is 0 Å². The molecular formula is C11H14F2O3. The van der Waals surface area contributed by atoms with Crippen molar-refractivity contribution >= 4 is 0 Å². The molecule has 0 aliphatic heterocycles. The molecule has 0 amide bonds. The molecule has 0 saturated heterocycles. The Kier molecular flexibility index (Phi) is 4.64. The second-order valence-electron chi connectivity index (χ2n) is 3.39. The number of halogens is 2. The standard InChI is InChI=1S/C11H14F2O3/c1-16-11-6-8(12)7(5-9(11)13)10(15)3-2-4-14/h5-6,10,14-15H,2-4H2,1H3. The molecule has 3 nitrogen and oxygen atoms in total. The molecule has 16 heavy (non-hydrogen) atoms. The molecule has 0 aliphatic rings. The Labute approximate surface area is 92.3 Å². The molecule has 0 aliphatic carbocycles. The van der Waals surface area contributed by atoms with E-state index < -0.39 is 17.7 Å². The van der Waals surface area contributed by atoms with E-state index in [-0.39, 0.29) is 24.3 Å². The van der Waals surface area contributed by atoms with Gasteiger partial charge in [-0.2, -0.15) is 0 Å². The van der Waals surface area contributed by atoms with Crippen LogP contribution in [0.3, 0.4) is 0 Å². The molecule has 0 radical (unpaired) electrons. The summed E-state index contributed by atoms with van der Waals surface area (Å²) in [6.45, 7) is -0.0999. The van der Waals surface area contributed by atoms with Crippen molar-refractivity contribution in [1.82, 2.24) is 0 Å². The molecule has 0 saturated carbocycles. The number of aliphatic hydroxyl groups is 2. The molecule has 0 bridgehead atoms. The monoisotopic (exact) mass is 232 g/mol. The molecule has 1 aromatic rings. The van der Waals surface area contributed by atoms with E-state index in [1.165, 1.54) is 7.11 Å². The van der Waals surface area contributed by atoms with Crippen LogP contribution in [0.4, 0.5) is 8.78 Å². The van der Waals surface area contributed by atoms with Gasteiger partial charge in [0.05, 0.1) is 13.2 Å². The minimum Gasteiger partial charge on any atom is -0.494 e. The third-order valence-corrected chi connectivity index (χ3v) is 2.27. The first-order chi connectivity index (χ1) is 7.60. The van der Waals surface area contributed by atoms with Gasteiger partial charge in [-0.05, 0) is 18.9 Å². The van der Waals surface area contributed by atoms with E-state index in [9.17, 15) is 13.9 Å². The molecule has 0 heterocycles. The molecule has 5 heteroatoms. The largest absolute Gasteiger partial charge is 0.494 e. The lowest BCUT2D eigenvalue weighted by molar-refractivity contribution is 0.147. The zero-order valence-electron chi connectivity index (χ0n) is 8.91. The summed E-state index contributed by atoms with van der Waals surface area (Å²) in [5.41, 5.74) is -0.119. The van der Waals surface area contributed by atoms with Gasteiger partial charge in [0.25, 0.3) is 0 Å². The Bertz CT molecular complexity index is 355. The summed E-state index contributed by atoms with van der Waals surface area (Å²) >= 11 is 0. The van der Waals surface area contributed by atoms with Crippen LogP contribution in [0.1, 0.15) is 24.5 Å². The first-order valence-electron chi connectivity index (χ1n) is 4.92. The Hall–Kier alpha value is -1.20. The molecule has 1 rings (SSSR count). The molecule has 0 aromatic heterocycles. The fourth-order valence-corrected chi connectivity index (χ4v) is 1.40. The van der Waals surface area contributed by atoms with Gasteiger partial charge in [-0.1, -0.05) is 0 Å². The lowest BCUT2D eigenvalue weighted by Gasteiger charge is -2.12. The molecule has 1 unspecified atom stereocenters. The Morgan fingerprint density at radius 3 is 2.56 bits per heavy atom. The summed E-state index contributed by atoms with van der Waals surface area (Å²) in [6, 6.07) is 1.81. The SMILES string of the molecule is COc1cc(F)c(C(O)CCCO)cc1F. The van der Waals surface area contributed by atoms with Gasteiger partial charge in [0.15, 0.2) is 11.6 Å². The summed E-state index contributed by atoms with van der Waals surface area (Å²) in [5.74, 6) is -1.64. The number of aliphatic hydroxyl groups excluding tert-OH is 2. The summed E-state index contributed by atoms with van der Waals surface area (Å²) in [7, 11) is 1.24. The minimum atomic E-state index is -1.12. The van der Waals surface area contributed by atoms with Crippen LogP contribution in [0.25, 0.3) is 0 Å². The van der Waals surface area contributed by atoms with E-state index in [0.717, 1.165) is 12.1 Å². The third-order valence-electron chi connectivity index (χ3n) is 2.27. The number of methoxy groups -OCH3 is 1. The van der Waals surface area contributed by atoms with Crippen LogP contribution in [0, 0.1) is 11.6 Å². The van der Waals surface area contributed by atoms with Crippen molar-refractivity contribution in [3.05, 3.63) is 29.3 Å². The molecule has 1 aromatic carbocycles. The van der Waals surface area contributed by atoms with Crippen molar-refractivity contribution in [2.75, 3.05) is 13.7 Å². The number of hydrogen-bond donors (Lipinski definition) is 2. The maximum atomic E-state index is 13.4. The Morgan fingerprint density at radius 1 is 1.31 bits per heavy atom. The Balaban J connectivity index is 2.92. The van der Waals surface area contributed by atoms with Gasteiger partial charge >= 0.3 is 0 Å². The number of ether oxygens (including phenoxy) is 1. The van der Waals surface area contributed by atoms with Gasteiger partial charge in [0.2, 0.25) is 0 Å². The zero-order valence-corrected chi connectivity index (χ0v) is 8.91. The molecule has 2 N–H and O–H groups in total. The quantitative estimate of drug-likeness (QED) is 0.813. The van der Waals surface area contributed by atoms with E-state index in [2.05, 4.69) is 4.74 Å². The molecule has 90 valence electrons. The number of benzene rings is 1. The highest BCUT2D eigenvalue weighted by Gasteiger charge is 2.16. The lowest BCUT2D eigenvalue weighted by Crippen LogP contribution is -2.03. The van der Waals surface area contributed by atoms with Crippen LogP contribution in [0.15, 0.2) is 12.1 Å². The average molecular weight is 232 g/mol. The van der Waals surface area contributed by atoms with Crippen LogP contribution in [-0.4, -0.2) is 23.9 Å². The smallest absolute Gasteiger partial charge is 0.165 e. The highest BCUT2D eigenvalue weighted by molar-refractivity contribution is 5.32. The predicted molar refractivity (Wildman–Crippen MR) is 54.2 cm³/mol. The highest BCUT2D eigenvalue weighted by Crippen LogP contribution is 2.27. The fraction of sp³-hybridized carbons (Fsp3) is 0.455. The van der Waals surface area contributed by atoms with Crippen molar-refractivity contribution in [3.63, 3.8) is 0 Å². The molecule has 1 atom stereocenters. The van der Waals surface area contributed by atoms with Crippen molar-refractivity contribution < 1.29 is 23.7 Å². The summed E-state index contributed by atoms with van der Waals surface area (Å²) < 4.78 is 31.3. The van der Waals surface area contributed by atoms with Crippen molar-refractivity contribution in [2.45, 2.75) is 18.9 Å². The number of hydrogen-bond acceptors (Lipinski definition) is 3. The third kappa shape index (κ3) is 2.90. The normalized spacial score (nSPS) is 12.6. The minimum absolute atomic E-state index is 0.0999.